The lowest BCUT2D eigenvalue weighted by molar-refractivity contribution is 0.629. The summed E-state index contributed by atoms with van der Waals surface area (Å²) >= 11 is 1.39. The van der Waals surface area contributed by atoms with Crippen molar-refractivity contribution in [3.8, 4) is 6.07 Å². The topological polar surface area (TPSA) is 36.7 Å². The summed E-state index contributed by atoms with van der Waals surface area (Å²) in [5.74, 6) is 0.119. The Bertz CT molecular complexity index is 575. The first-order valence-corrected chi connectivity index (χ1v) is 5.76. The molecule has 0 radical (unpaired) electrons. The fraction of sp³-hybridized carbons (Fsp3) is 0.167. The number of benzene rings is 1. The lowest BCUT2D eigenvalue weighted by Gasteiger charge is -2.04. The minimum atomic E-state index is -0.255. The van der Waals surface area contributed by atoms with E-state index in [2.05, 4.69) is 11.1 Å². The van der Waals surface area contributed by atoms with Gasteiger partial charge in [0, 0.05) is 5.39 Å². The number of rotatable bonds is 2. The molecule has 1 aromatic carbocycles. The number of hydrogen-bond donors (Lipinski definition) is 0. The lowest BCUT2D eigenvalue weighted by atomic mass is 10.1. The van der Waals surface area contributed by atoms with Crippen molar-refractivity contribution in [3.05, 3.63) is 35.6 Å². The molecule has 0 aliphatic carbocycles. The highest BCUT2D eigenvalue weighted by atomic mass is 32.2. The molecule has 0 N–H and O–H groups in total. The summed E-state index contributed by atoms with van der Waals surface area (Å²) < 4.78 is 13.0. The largest absolute Gasteiger partial charge is 0.241 e. The van der Waals surface area contributed by atoms with Gasteiger partial charge in [0.15, 0.2) is 0 Å². The van der Waals surface area contributed by atoms with Crippen molar-refractivity contribution in [2.24, 2.45) is 0 Å². The van der Waals surface area contributed by atoms with Crippen LogP contribution in [-0.4, -0.2) is 10.7 Å². The van der Waals surface area contributed by atoms with Crippen molar-refractivity contribution in [1.29, 1.82) is 5.26 Å². The smallest absolute Gasteiger partial charge is 0.123 e. The Labute approximate surface area is 97.1 Å². The Balaban J connectivity index is 2.51. The lowest BCUT2D eigenvalue weighted by Crippen LogP contribution is -1.88. The van der Waals surface area contributed by atoms with Gasteiger partial charge < -0.3 is 0 Å². The number of nitrogens with zero attached hydrogens (tertiary/aromatic N) is 2. The van der Waals surface area contributed by atoms with Crippen molar-refractivity contribution >= 4 is 22.7 Å². The van der Waals surface area contributed by atoms with Gasteiger partial charge in [-0.15, -0.1) is 0 Å². The Morgan fingerprint density at radius 3 is 3.00 bits per heavy atom. The first-order chi connectivity index (χ1) is 7.70. The van der Waals surface area contributed by atoms with E-state index in [9.17, 15) is 4.39 Å². The predicted octanol–water partition coefficient (Wildman–Crippen LogP) is 3.30. The van der Waals surface area contributed by atoms with Gasteiger partial charge in [0.1, 0.15) is 5.82 Å². The Hall–Kier alpha value is -1.60. The molecule has 80 valence electrons. The molecule has 2 aromatic rings. The van der Waals surface area contributed by atoms with Gasteiger partial charge >= 0.3 is 0 Å². The van der Waals surface area contributed by atoms with Crippen LogP contribution < -0.4 is 0 Å². The van der Waals surface area contributed by atoms with Crippen molar-refractivity contribution in [1.82, 2.24) is 4.98 Å². The highest BCUT2D eigenvalue weighted by molar-refractivity contribution is 7.99. The molecule has 16 heavy (non-hydrogen) atoms. The number of hydrogen-bond acceptors (Lipinski definition) is 3. The maximum Gasteiger partial charge on any atom is 0.123 e. The summed E-state index contributed by atoms with van der Waals surface area (Å²) in [6.07, 6.45) is 0. The van der Waals surface area contributed by atoms with Gasteiger partial charge in [-0.05, 0) is 36.8 Å². The van der Waals surface area contributed by atoms with Crippen LogP contribution in [-0.2, 0) is 0 Å². The van der Waals surface area contributed by atoms with E-state index in [4.69, 9.17) is 5.26 Å². The van der Waals surface area contributed by atoms with Crippen molar-refractivity contribution in [2.75, 3.05) is 5.75 Å². The number of aryl methyl sites for hydroxylation is 1. The van der Waals surface area contributed by atoms with E-state index < -0.39 is 0 Å². The van der Waals surface area contributed by atoms with Crippen LogP contribution in [0.3, 0.4) is 0 Å². The third-order valence-corrected chi connectivity index (χ3v) is 3.02. The summed E-state index contributed by atoms with van der Waals surface area (Å²) in [4.78, 5) is 4.36. The average molecular weight is 232 g/mol. The molecule has 4 heteroatoms. The molecule has 0 amide bonds. The highest BCUT2D eigenvalue weighted by Crippen LogP contribution is 2.23. The molecular formula is C12H9FN2S. The maximum atomic E-state index is 13.0. The molecule has 0 bridgehead atoms. The molecule has 2 nitrogen and oxygen atoms in total. The molecule has 0 aliphatic heterocycles. The molecule has 1 heterocycles. The minimum Gasteiger partial charge on any atom is -0.241 e. The number of nitriles is 1. The number of fused-ring (bicyclic) bond motifs is 1. The van der Waals surface area contributed by atoms with Crippen LogP contribution in [0, 0.1) is 24.1 Å². The van der Waals surface area contributed by atoms with Gasteiger partial charge in [-0.3, -0.25) is 0 Å². The van der Waals surface area contributed by atoms with Crippen LogP contribution in [0.4, 0.5) is 4.39 Å². The van der Waals surface area contributed by atoms with Gasteiger partial charge in [-0.2, -0.15) is 5.26 Å². The van der Waals surface area contributed by atoms with E-state index >= 15 is 0 Å². The first-order valence-electron chi connectivity index (χ1n) is 4.77. The fourth-order valence-electron chi connectivity index (χ4n) is 1.52. The Morgan fingerprint density at radius 1 is 1.44 bits per heavy atom. The standard InChI is InChI=1S/C12H9FN2S/c1-8-6-12(16-5-4-14)15-11-3-2-9(13)7-10(8)11/h2-3,6-7H,5H2,1H3. The van der Waals surface area contributed by atoms with Gasteiger partial charge in [0.05, 0.1) is 22.4 Å². The monoisotopic (exact) mass is 232 g/mol. The van der Waals surface area contributed by atoms with E-state index in [0.717, 1.165) is 21.5 Å². The van der Waals surface area contributed by atoms with Crippen molar-refractivity contribution < 1.29 is 4.39 Å². The van der Waals surface area contributed by atoms with E-state index in [-0.39, 0.29) is 5.82 Å². The molecule has 2 rings (SSSR count). The summed E-state index contributed by atoms with van der Waals surface area (Å²) in [5, 5.41) is 10.1. The quantitative estimate of drug-likeness (QED) is 0.745. The van der Waals surface area contributed by atoms with E-state index in [1.165, 1.54) is 23.9 Å². The summed E-state index contributed by atoms with van der Waals surface area (Å²) in [7, 11) is 0. The second kappa shape index (κ2) is 4.50. The van der Waals surface area contributed by atoms with Crippen LogP contribution in [0.5, 0.6) is 0 Å². The van der Waals surface area contributed by atoms with Crippen molar-refractivity contribution in [3.63, 3.8) is 0 Å². The van der Waals surface area contributed by atoms with Crippen LogP contribution >= 0.6 is 11.8 Å². The van der Waals surface area contributed by atoms with Gasteiger partial charge in [-0.1, -0.05) is 11.8 Å². The van der Waals surface area contributed by atoms with Gasteiger partial charge in [-0.25, -0.2) is 9.37 Å². The van der Waals surface area contributed by atoms with Gasteiger partial charge in [0.2, 0.25) is 0 Å². The predicted molar refractivity (Wildman–Crippen MR) is 62.8 cm³/mol. The molecule has 0 aliphatic rings. The molecular weight excluding hydrogens is 223 g/mol. The van der Waals surface area contributed by atoms with E-state index in [1.54, 1.807) is 6.07 Å². The van der Waals surface area contributed by atoms with Crippen LogP contribution in [0.1, 0.15) is 5.56 Å². The van der Waals surface area contributed by atoms with Crippen molar-refractivity contribution in [2.45, 2.75) is 11.9 Å². The minimum absolute atomic E-state index is 0.255. The molecule has 0 saturated carbocycles. The summed E-state index contributed by atoms with van der Waals surface area (Å²) in [6, 6.07) is 8.47. The average Bonchev–Trinajstić information content (AvgIpc) is 2.27. The Kier molecular flexibility index (Phi) is 3.07. The number of thioether (sulfide) groups is 1. The Morgan fingerprint density at radius 2 is 2.25 bits per heavy atom. The number of aromatic nitrogens is 1. The fourth-order valence-corrected chi connectivity index (χ4v) is 2.15. The zero-order chi connectivity index (χ0) is 11.5. The second-order valence-electron chi connectivity index (χ2n) is 3.39. The zero-order valence-electron chi connectivity index (χ0n) is 8.70. The molecule has 1 aromatic heterocycles. The van der Waals surface area contributed by atoms with E-state index in [0.29, 0.717) is 5.75 Å². The van der Waals surface area contributed by atoms with E-state index in [1.807, 2.05) is 13.0 Å². The molecule has 0 spiro atoms. The molecule has 0 fully saturated rings. The number of pyridine rings is 1. The maximum absolute atomic E-state index is 13.0. The molecule has 0 atom stereocenters. The third-order valence-electron chi connectivity index (χ3n) is 2.24. The SMILES string of the molecule is Cc1cc(SCC#N)nc2ccc(F)cc12. The highest BCUT2D eigenvalue weighted by Gasteiger charge is 2.04. The third kappa shape index (κ3) is 2.15. The second-order valence-corrected chi connectivity index (χ2v) is 4.38. The van der Waals surface area contributed by atoms with Gasteiger partial charge in [0.25, 0.3) is 0 Å². The van der Waals surface area contributed by atoms with Crippen LogP contribution in [0.15, 0.2) is 29.3 Å². The normalized spacial score (nSPS) is 10.3. The summed E-state index contributed by atoms with van der Waals surface area (Å²) in [6.45, 7) is 1.92. The van der Waals surface area contributed by atoms with Crippen LogP contribution in [0.2, 0.25) is 0 Å². The molecule has 0 unspecified atom stereocenters. The first kappa shape index (κ1) is 10.9. The summed E-state index contributed by atoms with van der Waals surface area (Å²) in [5.41, 5.74) is 1.74. The zero-order valence-corrected chi connectivity index (χ0v) is 9.51. The number of halogens is 1. The van der Waals surface area contributed by atoms with Crippen LogP contribution in [0.25, 0.3) is 10.9 Å². The molecule has 0 saturated heterocycles.